The van der Waals surface area contributed by atoms with E-state index in [1.165, 1.54) is 104 Å². The monoisotopic (exact) mass is 802 g/mol. The van der Waals surface area contributed by atoms with Gasteiger partial charge < -0.3 is 9.47 Å². The van der Waals surface area contributed by atoms with E-state index in [9.17, 15) is 0 Å². The van der Waals surface area contributed by atoms with E-state index in [4.69, 9.17) is 0 Å². The summed E-state index contributed by atoms with van der Waals surface area (Å²) in [5.41, 5.74) is 14.7. The Kier molecular flexibility index (Phi) is 7.68. The van der Waals surface area contributed by atoms with Crippen molar-refractivity contribution >= 4 is 82.0 Å². The molecule has 1 heterocycles. The van der Waals surface area contributed by atoms with E-state index in [1.54, 1.807) is 0 Å². The predicted octanol–water partition coefficient (Wildman–Crippen LogP) is 16.8. The maximum atomic E-state index is 2.45. The van der Waals surface area contributed by atoms with Crippen LogP contribution in [-0.4, -0.2) is 4.57 Å². The summed E-state index contributed by atoms with van der Waals surface area (Å²) in [5.74, 6) is 0. The van der Waals surface area contributed by atoms with Crippen molar-refractivity contribution in [1.29, 1.82) is 0 Å². The van der Waals surface area contributed by atoms with Crippen LogP contribution in [0.1, 0.15) is 25.0 Å². The minimum Gasteiger partial charge on any atom is -0.310 e. The molecule has 11 aromatic carbocycles. The van der Waals surface area contributed by atoms with Crippen molar-refractivity contribution in [2.45, 2.75) is 19.3 Å². The molecule has 296 valence electrons. The maximum absolute atomic E-state index is 2.45. The third-order valence-corrected chi connectivity index (χ3v) is 14.0. The fourth-order valence-corrected chi connectivity index (χ4v) is 10.9. The van der Waals surface area contributed by atoms with Gasteiger partial charge in [0.2, 0.25) is 0 Å². The molecule has 0 atom stereocenters. The van der Waals surface area contributed by atoms with E-state index < -0.39 is 0 Å². The van der Waals surface area contributed by atoms with E-state index in [2.05, 4.69) is 242 Å². The SMILES string of the molecule is CC1(C)c2ccccc2-c2ccc(N(c3ccc(-c4ccc5c(c4)c4ccccc4n5-c4cccc5ccccc45)cc3)c3ccc4c5ccccc5c5ccccc5c4c3)cc21. The number of fused-ring (bicyclic) bond motifs is 13. The first-order valence-electron chi connectivity index (χ1n) is 22.0. The molecular formula is C61H42N2. The average Bonchev–Trinajstić information content (AvgIpc) is 3.79. The standard InChI is InChI=1S/C61H42N2/c1-61(2)56-23-11-9-21-51(56)52-34-32-44(38-57(52)61)62(43-31-33-50-48-19-6-5-17-46(48)47-18-7-8-20-49(47)54(50)37-43)42-29-26-39(27-30-42)41-28-35-60-55(36-41)53-22-10-12-24-59(53)63(60)58-25-13-15-40-14-3-4-16-45(40)58/h3-38H,1-2H3. The molecule has 63 heavy (non-hydrogen) atoms. The molecule has 0 unspecified atom stereocenters. The van der Waals surface area contributed by atoms with Crippen molar-refractivity contribution in [1.82, 2.24) is 4.57 Å². The van der Waals surface area contributed by atoms with Gasteiger partial charge in [-0.15, -0.1) is 0 Å². The molecule has 1 aromatic heterocycles. The molecule has 0 N–H and O–H groups in total. The van der Waals surface area contributed by atoms with Gasteiger partial charge in [0.25, 0.3) is 0 Å². The van der Waals surface area contributed by atoms with Gasteiger partial charge in [-0.2, -0.15) is 0 Å². The van der Waals surface area contributed by atoms with Gasteiger partial charge in [-0.25, -0.2) is 0 Å². The van der Waals surface area contributed by atoms with Crippen LogP contribution in [0.2, 0.25) is 0 Å². The van der Waals surface area contributed by atoms with Crippen molar-refractivity contribution in [3.63, 3.8) is 0 Å². The minimum atomic E-state index is -0.120. The number of anilines is 3. The second kappa shape index (κ2) is 13.5. The largest absolute Gasteiger partial charge is 0.310 e. The second-order valence-corrected chi connectivity index (χ2v) is 17.7. The van der Waals surface area contributed by atoms with Crippen molar-refractivity contribution in [3.05, 3.63) is 230 Å². The van der Waals surface area contributed by atoms with Gasteiger partial charge in [-0.1, -0.05) is 172 Å². The van der Waals surface area contributed by atoms with E-state index in [0.717, 1.165) is 17.1 Å². The van der Waals surface area contributed by atoms with Crippen LogP contribution in [0, 0.1) is 0 Å². The summed E-state index contributed by atoms with van der Waals surface area (Å²) in [6, 6.07) is 81.0. The zero-order valence-electron chi connectivity index (χ0n) is 35.2. The quantitative estimate of drug-likeness (QED) is 0.157. The van der Waals surface area contributed by atoms with Crippen LogP contribution in [0.25, 0.3) is 92.8 Å². The molecule has 0 saturated carbocycles. The predicted molar refractivity (Wildman–Crippen MR) is 268 cm³/mol. The molecule has 0 radical (unpaired) electrons. The Morgan fingerprint density at radius 3 is 1.65 bits per heavy atom. The van der Waals surface area contributed by atoms with Crippen LogP contribution in [0.3, 0.4) is 0 Å². The zero-order valence-corrected chi connectivity index (χ0v) is 35.2. The molecule has 0 saturated heterocycles. The molecule has 12 aromatic rings. The maximum Gasteiger partial charge on any atom is 0.0541 e. The number of para-hydroxylation sites is 1. The van der Waals surface area contributed by atoms with E-state index in [-0.39, 0.29) is 5.41 Å². The van der Waals surface area contributed by atoms with E-state index in [1.807, 2.05) is 0 Å². The Labute approximate surface area is 366 Å². The van der Waals surface area contributed by atoms with Gasteiger partial charge in [0.15, 0.2) is 0 Å². The highest BCUT2D eigenvalue weighted by Gasteiger charge is 2.35. The van der Waals surface area contributed by atoms with E-state index >= 15 is 0 Å². The van der Waals surface area contributed by atoms with Gasteiger partial charge in [0.1, 0.15) is 0 Å². The molecule has 0 amide bonds. The number of hydrogen-bond acceptors (Lipinski definition) is 1. The highest BCUT2D eigenvalue weighted by Crippen LogP contribution is 2.51. The highest BCUT2D eigenvalue weighted by molar-refractivity contribution is 6.26. The van der Waals surface area contributed by atoms with Gasteiger partial charge >= 0.3 is 0 Å². The fourth-order valence-electron chi connectivity index (χ4n) is 10.9. The molecule has 0 fully saturated rings. The van der Waals surface area contributed by atoms with Gasteiger partial charge in [0.05, 0.1) is 16.7 Å². The summed E-state index contributed by atoms with van der Waals surface area (Å²) >= 11 is 0. The lowest BCUT2D eigenvalue weighted by atomic mass is 9.82. The molecule has 13 rings (SSSR count). The minimum absolute atomic E-state index is 0.120. The first-order chi connectivity index (χ1) is 31.0. The van der Waals surface area contributed by atoms with Gasteiger partial charge in [-0.3, -0.25) is 0 Å². The summed E-state index contributed by atoms with van der Waals surface area (Å²) in [5, 5.41) is 12.6. The molecular weight excluding hydrogens is 761 g/mol. The molecule has 1 aliphatic carbocycles. The van der Waals surface area contributed by atoms with Crippen LogP contribution >= 0.6 is 0 Å². The van der Waals surface area contributed by atoms with Crippen molar-refractivity contribution in [2.75, 3.05) is 4.90 Å². The molecule has 0 bridgehead atoms. The lowest BCUT2D eigenvalue weighted by molar-refractivity contribution is 0.660. The summed E-state index contributed by atoms with van der Waals surface area (Å²) in [4.78, 5) is 2.45. The Hall–Kier alpha value is -7.94. The summed E-state index contributed by atoms with van der Waals surface area (Å²) in [6.45, 7) is 4.73. The third-order valence-electron chi connectivity index (χ3n) is 14.0. The number of rotatable bonds is 5. The average molecular weight is 803 g/mol. The van der Waals surface area contributed by atoms with E-state index in [0.29, 0.717) is 0 Å². The second-order valence-electron chi connectivity index (χ2n) is 17.7. The molecule has 2 heteroatoms. The van der Waals surface area contributed by atoms with Crippen LogP contribution in [-0.2, 0) is 5.41 Å². The van der Waals surface area contributed by atoms with Crippen LogP contribution in [0.4, 0.5) is 17.1 Å². The smallest absolute Gasteiger partial charge is 0.0541 e. The number of aromatic nitrogens is 1. The first kappa shape index (κ1) is 35.8. The van der Waals surface area contributed by atoms with Crippen molar-refractivity contribution in [2.24, 2.45) is 0 Å². The number of hydrogen-bond donors (Lipinski definition) is 0. The molecule has 2 nitrogen and oxygen atoms in total. The lowest BCUT2D eigenvalue weighted by Gasteiger charge is -2.28. The van der Waals surface area contributed by atoms with Gasteiger partial charge in [-0.05, 0) is 132 Å². The van der Waals surface area contributed by atoms with Crippen molar-refractivity contribution < 1.29 is 0 Å². The number of benzene rings is 11. The Bertz CT molecular complexity index is 3790. The molecule has 0 spiro atoms. The van der Waals surface area contributed by atoms with Gasteiger partial charge in [0, 0.05) is 38.6 Å². The Morgan fingerprint density at radius 2 is 0.873 bits per heavy atom. The topological polar surface area (TPSA) is 8.17 Å². The summed E-state index contributed by atoms with van der Waals surface area (Å²) in [7, 11) is 0. The van der Waals surface area contributed by atoms with Crippen molar-refractivity contribution in [3.8, 4) is 27.9 Å². The highest BCUT2D eigenvalue weighted by atomic mass is 15.1. The van der Waals surface area contributed by atoms with Crippen LogP contribution in [0.5, 0.6) is 0 Å². The summed E-state index contributed by atoms with van der Waals surface area (Å²) in [6.07, 6.45) is 0. The first-order valence-corrected chi connectivity index (χ1v) is 22.0. The summed E-state index contributed by atoms with van der Waals surface area (Å²) < 4.78 is 2.43. The van der Waals surface area contributed by atoms with Crippen LogP contribution < -0.4 is 4.90 Å². The Balaban J connectivity index is 0.970. The molecule has 0 aliphatic heterocycles. The third kappa shape index (κ3) is 5.31. The van der Waals surface area contributed by atoms with Crippen LogP contribution in [0.15, 0.2) is 218 Å². The lowest BCUT2D eigenvalue weighted by Crippen LogP contribution is -2.16. The number of nitrogens with zero attached hydrogens (tertiary/aromatic N) is 2. The normalized spacial score (nSPS) is 13.0. The fraction of sp³-hybridized carbons (Fsp3) is 0.0492. The Morgan fingerprint density at radius 1 is 0.333 bits per heavy atom. The zero-order chi connectivity index (χ0) is 41.8. The molecule has 1 aliphatic rings.